The summed E-state index contributed by atoms with van der Waals surface area (Å²) >= 11 is 0. The van der Waals surface area contributed by atoms with Gasteiger partial charge in [0.05, 0.1) is 0 Å². The lowest BCUT2D eigenvalue weighted by Crippen LogP contribution is -2.45. The van der Waals surface area contributed by atoms with Crippen molar-refractivity contribution in [2.45, 2.75) is 77.0 Å². The van der Waals surface area contributed by atoms with Gasteiger partial charge in [-0.15, -0.1) is 0 Å². The highest BCUT2D eigenvalue weighted by Crippen LogP contribution is 2.24. The lowest BCUT2D eigenvalue weighted by Gasteiger charge is -2.38. The van der Waals surface area contributed by atoms with Crippen molar-refractivity contribution in [2.24, 2.45) is 5.73 Å². The van der Waals surface area contributed by atoms with E-state index in [-0.39, 0.29) is 0 Å². The predicted molar refractivity (Wildman–Crippen MR) is 81.7 cm³/mol. The Bertz CT molecular complexity index is 451. The second-order valence-electron chi connectivity index (χ2n) is 6.76. The van der Waals surface area contributed by atoms with E-state index >= 15 is 0 Å². The first kappa shape index (κ1) is 14.1. The molecule has 2 aliphatic rings. The number of nitrogens with two attached hydrogens (primary N) is 1. The molecule has 2 unspecified atom stereocenters. The number of fused-ring (bicyclic) bond motifs is 1. The molecule has 20 heavy (non-hydrogen) atoms. The minimum Gasteiger partial charge on any atom is -0.332 e. The van der Waals surface area contributed by atoms with Crippen molar-refractivity contribution < 1.29 is 0 Å². The summed E-state index contributed by atoms with van der Waals surface area (Å²) < 4.78 is 2.43. The van der Waals surface area contributed by atoms with E-state index in [1.54, 1.807) is 0 Å². The molecule has 0 aromatic carbocycles. The summed E-state index contributed by atoms with van der Waals surface area (Å²) in [4.78, 5) is 7.37. The van der Waals surface area contributed by atoms with Gasteiger partial charge in [0.15, 0.2) is 0 Å². The number of imidazole rings is 1. The number of rotatable bonds is 3. The zero-order valence-corrected chi connectivity index (χ0v) is 12.9. The van der Waals surface area contributed by atoms with Gasteiger partial charge in [-0.05, 0) is 39.7 Å². The number of likely N-dealkylation sites (tertiary alicyclic amines) is 1. The fourth-order valence-electron chi connectivity index (χ4n) is 3.85. The summed E-state index contributed by atoms with van der Waals surface area (Å²) in [5.41, 5.74) is 7.39. The van der Waals surface area contributed by atoms with Gasteiger partial charge in [0.1, 0.15) is 5.82 Å². The van der Waals surface area contributed by atoms with Crippen LogP contribution in [0.25, 0.3) is 0 Å². The largest absolute Gasteiger partial charge is 0.332 e. The van der Waals surface area contributed by atoms with E-state index in [2.05, 4.69) is 29.5 Å². The van der Waals surface area contributed by atoms with E-state index in [1.807, 2.05) is 0 Å². The Balaban J connectivity index is 1.74. The molecule has 0 bridgehead atoms. The molecule has 2 atom stereocenters. The first-order valence-corrected chi connectivity index (χ1v) is 8.19. The van der Waals surface area contributed by atoms with Crippen LogP contribution in [0.1, 0.15) is 51.0 Å². The van der Waals surface area contributed by atoms with Gasteiger partial charge in [-0.1, -0.05) is 6.42 Å². The summed E-state index contributed by atoms with van der Waals surface area (Å²) in [6, 6.07) is 1.64. The Labute approximate surface area is 122 Å². The van der Waals surface area contributed by atoms with Crippen molar-refractivity contribution >= 4 is 0 Å². The molecule has 3 rings (SSSR count). The monoisotopic (exact) mass is 276 g/mol. The highest BCUT2D eigenvalue weighted by atomic mass is 15.2. The van der Waals surface area contributed by atoms with Crippen LogP contribution < -0.4 is 5.73 Å². The molecule has 1 saturated heterocycles. The first-order valence-electron chi connectivity index (χ1n) is 8.19. The standard InChI is InChI=1S/C16H28N4/c1-12(2)19-7-4-3-5-14(19)10-16-18-11-15-9-13(17)6-8-20(15)16/h11-14H,3-10,17H2,1-2H3. The van der Waals surface area contributed by atoms with Crippen molar-refractivity contribution in [2.75, 3.05) is 6.54 Å². The number of piperidine rings is 1. The molecule has 2 aliphatic heterocycles. The molecule has 1 fully saturated rings. The minimum atomic E-state index is 0.328. The van der Waals surface area contributed by atoms with Gasteiger partial charge in [-0.3, -0.25) is 4.90 Å². The quantitative estimate of drug-likeness (QED) is 0.918. The maximum Gasteiger partial charge on any atom is 0.110 e. The highest BCUT2D eigenvalue weighted by Gasteiger charge is 2.27. The molecule has 4 heteroatoms. The van der Waals surface area contributed by atoms with Crippen LogP contribution in [-0.2, 0) is 19.4 Å². The van der Waals surface area contributed by atoms with Crippen LogP contribution in [0, 0.1) is 0 Å². The SMILES string of the molecule is CC(C)N1CCCCC1Cc1ncc2n1CCC(N)C2. The van der Waals surface area contributed by atoms with Gasteiger partial charge in [-0.2, -0.15) is 0 Å². The van der Waals surface area contributed by atoms with Gasteiger partial charge in [-0.25, -0.2) is 4.98 Å². The maximum atomic E-state index is 6.06. The normalized spacial score (nSPS) is 27.8. The second kappa shape index (κ2) is 5.86. The van der Waals surface area contributed by atoms with E-state index < -0.39 is 0 Å². The Kier molecular flexibility index (Phi) is 4.13. The van der Waals surface area contributed by atoms with Gasteiger partial charge < -0.3 is 10.3 Å². The number of hydrogen-bond acceptors (Lipinski definition) is 3. The van der Waals surface area contributed by atoms with Crippen LogP contribution in [0.3, 0.4) is 0 Å². The Morgan fingerprint density at radius 1 is 1.30 bits per heavy atom. The van der Waals surface area contributed by atoms with Gasteiger partial charge >= 0.3 is 0 Å². The highest BCUT2D eigenvalue weighted by molar-refractivity contribution is 5.11. The van der Waals surface area contributed by atoms with Crippen LogP contribution in [0.4, 0.5) is 0 Å². The fraction of sp³-hybridized carbons (Fsp3) is 0.812. The molecular weight excluding hydrogens is 248 g/mol. The van der Waals surface area contributed by atoms with Crippen LogP contribution in [0.15, 0.2) is 6.20 Å². The second-order valence-corrected chi connectivity index (χ2v) is 6.76. The van der Waals surface area contributed by atoms with Gasteiger partial charge in [0, 0.05) is 49.4 Å². The molecule has 1 aromatic heterocycles. The molecule has 1 aromatic rings. The van der Waals surface area contributed by atoms with Crippen molar-refractivity contribution in [3.8, 4) is 0 Å². The molecule has 4 nitrogen and oxygen atoms in total. The van der Waals surface area contributed by atoms with Crippen molar-refractivity contribution in [3.05, 3.63) is 17.7 Å². The molecule has 0 spiro atoms. The molecule has 112 valence electrons. The maximum absolute atomic E-state index is 6.06. The lowest BCUT2D eigenvalue weighted by molar-refractivity contribution is 0.109. The van der Waals surface area contributed by atoms with Crippen molar-refractivity contribution in [3.63, 3.8) is 0 Å². The molecule has 0 saturated carbocycles. The average Bonchev–Trinajstić information content (AvgIpc) is 2.81. The summed E-state index contributed by atoms with van der Waals surface area (Å²) in [7, 11) is 0. The zero-order valence-electron chi connectivity index (χ0n) is 12.9. The first-order chi connectivity index (χ1) is 9.65. The number of nitrogens with zero attached hydrogens (tertiary/aromatic N) is 3. The third-order valence-electron chi connectivity index (χ3n) is 4.97. The zero-order chi connectivity index (χ0) is 14.1. The summed E-state index contributed by atoms with van der Waals surface area (Å²) in [6.07, 6.45) is 9.28. The Morgan fingerprint density at radius 2 is 2.15 bits per heavy atom. The van der Waals surface area contributed by atoms with E-state index in [4.69, 9.17) is 10.7 Å². The molecule has 2 N–H and O–H groups in total. The fourth-order valence-corrected chi connectivity index (χ4v) is 3.85. The third kappa shape index (κ3) is 2.77. The van der Waals surface area contributed by atoms with Crippen LogP contribution in [0.5, 0.6) is 0 Å². The minimum absolute atomic E-state index is 0.328. The smallest absolute Gasteiger partial charge is 0.110 e. The molecule has 3 heterocycles. The summed E-state index contributed by atoms with van der Waals surface area (Å²) in [6.45, 7) is 6.94. The Hall–Kier alpha value is -0.870. The van der Waals surface area contributed by atoms with Gasteiger partial charge in [0.25, 0.3) is 0 Å². The Morgan fingerprint density at radius 3 is 2.95 bits per heavy atom. The topological polar surface area (TPSA) is 47.1 Å². The van der Waals surface area contributed by atoms with E-state index in [0.29, 0.717) is 18.1 Å². The average molecular weight is 276 g/mol. The van der Waals surface area contributed by atoms with E-state index in [0.717, 1.165) is 25.8 Å². The lowest BCUT2D eigenvalue weighted by atomic mass is 9.97. The predicted octanol–water partition coefficient (Wildman–Crippen LogP) is 1.96. The third-order valence-corrected chi connectivity index (χ3v) is 4.97. The van der Waals surface area contributed by atoms with Crippen LogP contribution in [-0.4, -0.2) is 39.1 Å². The van der Waals surface area contributed by atoms with Crippen molar-refractivity contribution in [1.29, 1.82) is 0 Å². The molecule has 0 aliphatic carbocycles. The molecular formula is C16H28N4. The molecule has 0 amide bonds. The number of hydrogen-bond donors (Lipinski definition) is 1. The van der Waals surface area contributed by atoms with Crippen LogP contribution in [0.2, 0.25) is 0 Å². The van der Waals surface area contributed by atoms with E-state index in [9.17, 15) is 0 Å². The van der Waals surface area contributed by atoms with Crippen LogP contribution >= 0.6 is 0 Å². The summed E-state index contributed by atoms with van der Waals surface area (Å²) in [5, 5.41) is 0. The van der Waals surface area contributed by atoms with Gasteiger partial charge in [0.2, 0.25) is 0 Å². The van der Waals surface area contributed by atoms with Crippen molar-refractivity contribution in [1.82, 2.24) is 14.5 Å². The summed E-state index contributed by atoms with van der Waals surface area (Å²) in [5.74, 6) is 1.28. The van der Waals surface area contributed by atoms with E-state index in [1.165, 1.54) is 37.3 Å². The molecule has 0 radical (unpaired) electrons. The number of aromatic nitrogens is 2.